The second-order valence-corrected chi connectivity index (χ2v) is 7.52. The molecule has 2 aromatic carbocycles. The molecular formula is C21H24N6O. The molecule has 0 bridgehead atoms. The van der Waals surface area contributed by atoms with Gasteiger partial charge in [0.05, 0.1) is 19.3 Å². The second kappa shape index (κ2) is 7.79. The average Bonchev–Trinajstić information content (AvgIpc) is 3.29. The molecule has 0 amide bonds. The summed E-state index contributed by atoms with van der Waals surface area (Å²) in [7, 11) is 0. The van der Waals surface area contributed by atoms with E-state index < -0.39 is 0 Å². The van der Waals surface area contributed by atoms with Crippen molar-refractivity contribution < 1.29 is 4.74 Å². The molecular weight excluding hydrogens is 352 g/mol. The van der Waals surface area contributed by atoms with E-state index >= 15 is 0 Å². The van der Waals surface area contributed by atoms with E-state index in [0.717, 1.165) is 45.0 Å². The number of hydrogen-bond acceptors (Lipinski definition) is 6. The van der Waals surface area contributed by atoms with E-state index in [1.807, 2.05) is 0 Å². The fourth-order valence-electron chi connectivity index (χ4n) is 4.31. The topological polar surface area (TPSA) is 70.2 Å². The quantitative estimate of drug-likeness (QED) is 0.752. The average molecular weight is 376 g/mol. The highest BCUT2D eigenvalue weighted by atomic mass is 16.5. The standard InChI is InChI=1S/C21H24N6O/c1-2-4-17(5-3-1)20-15-28-14-19-13-26(10-11-27(19)20)12-16-6-8-18(9-7-16)21-22-24-25-23-21/h1-9,19-20H,10-15H2,(H,22,23,24,25)/t19-,20-/m1/s1. The van der Waals surface area contributed by atoms with Crippen LogP contribution in [0, 0.1) is 0 Å². The van der Waals surface area contributed by atoms with E-state index in [-0.39, 0.29) is 0 Å². The van der Waals surface area contributed by atoms with E-state index in [0.29, 0.717) is 17.9 Å². The van der Waals surface area contributed by atoms with Crippen molar-refractivity contribution >= 4 is 0 Å². The summed E-state index contributed by atoms with van der Waals surface area (Å²) in [4.78, 5) is 5.16. The number of morpholine rings is 1. The largest absolute Gasteiger partial charge is 0.378 e. The van der Waals surface area contributed by atoms with Gasteiger partial charge in [0.1, 0.15) is 0 Å². The monoisotopic (exact) mass is 376 g/mol. The van der Waals surface area contributed by atoms with Crippen molar-refractivity contribution in [2.45, 2.75) is 18.6 Å². The van der Waals surface area contributed by atoms with E-state index in [9.17, 15) is 0 Å². The smallest absolute Gasteiger partial charge is 0.204 e. The van der Waals surface area contributed by atoms with Crippen LogP contribution < -0.4 is 0 Å². The first kappa shape index (κ1) is 17.5. The molecule has 2 aliphatic rings. The zero-order chi connectivity index (χ0) is 18.8. The summed E-state index contributed by atoms with van der Waals surface area (Å²) in [6.45, 7) is 5.75. The Bertz CT molecular complexity index is 883. The van der Waals surface area contributed by atoms with Crippen molar-refractivity contribution in [1.29, 1.82) is 0 Å². The van der Waals surface area contributed by atoms with Gasteiger partial charge in [0.25, 0.3) is 0 Å². The summed E-state index contributed by atoms with van der Waals surface area (Å²) in [5, 5.41) is 14.2. The second-order valence-electron chi connectivity index (χ2n) is 7.52. The van der Waals surface area contributed by atoms with Crippen molar-refractivity contribution in [2.24, 2.45) is 0 Å². The van der Waals surface area contributed by atoms with Crippen LogP contribution in [0.1, 0.15) is 17.2 Å². The molecule has 0 unspecified atom stereocenters. The first-order chi connectivity index (χ1) is 13.9. The Morgan fingerprint density at radius 3 is 2.64 bits per heavy atom. The fourth-order valence-corrected chi connectivity index (χ4v) is 4.31. The van der Waals surface area contributed by atoms with Crippen molar-refractivity contribution in [3.8, 4) is 11.4 Å². The summed E-state index contributed by atoms with van der Waals surface area (Å²) in [6.07, 6.45) is 0. The number of aromatic amines is 1. The Balaban J connectivity index is 1.23. The highest BCUT2D eigenvalue weighted by molar-refractivity contribution is 5.54. The molecule has 28 heavy (non-hydrogen) atoms. The number of nitrogens with one attached hydrogen (secondary N) is 1. The van der Waals surface area contributed by atoms with Crippen molar-refractivity contribution in [2.75, 3.05) is 32.8 Å². The summed E-state index contributed by atoms with van der Waals surface area (Å²) < 4.78 is 5.97. The molecule has 3 aromatic rings. The Kier molecular flexibility index (Phi) is 4.86. The lowest BCUT2D eigenvalue weighted by Crippen LogP contribution is -2.58. The number of piperazine rings is 1. The van der Waals surface area contributed by atoms with Gasteiger partial charge in [-0.05, 0) is 16.3 Å². The van der Waals surface area contributed by atoms with Gasteiger partial charge in [0.2, 0.25) is 5.82 Å². The van der Waals surface area contributed by atoms with E-state index in [2.05, 4.69) is 85.0 Å². The molecule has 7 heteroatoms. The molecule has 0 aliphatic carbocycles. The minimum atomic E-state index is 0.372. The first-order valence-electron chi connectivity index (χ1n) is 9.80. The number of hydrogen-bond donors (Lipinski definition) is 1. The minimum absolute atomic E-state index is 0.372. The van der Waals surface area contributed by atoms with Crippen LogP contribution in [0.2, 0.25) is 0 Å². The van der Waals surface area contributed by atoms with E-state index in [1.54, 1.807) is 0 Å². The third-order valence-corrected chi connectivity index (χ3v) is 5.75. The molecule has 144 valence electrons. The number of tetrazole rings is 1. The van der Waals surface area contributed by atoms with Gasteiger partial charge in [0, 0.05) is 37.8 Å². The maximum Gasteiger partial charge on any atom is 0.204 e. The predicted octanol–water partition coefficient (Wildman–Crippen LogP) is 2.12. The Hall–Kier alpha value is -2.61. The Morgan fingerprint density at radius 2 is 1.86 bits per heavy atom. The maximum absolute atomic E-state index is 5.97. The first-order valence-corrected chi connectivity index (χ1v) is 9.80. The van der Waals surface area contributed by atoms with Crippen molar-refractivity contribution in [1.82, 2.24) is 30.4 Å². The summed E-state index contributed by atoms with van der Waals surface area (Å²) in [6, 6.07) is 20.0. The van der Waals surface area contributed by atoms with Gasteiger partial charge < -0.3 is 4.74 Å². The normalized spacial score (nSPS) is 23.4. The highest BCUT2D eigenvalue weighted by Gasteiger charge is 2.36. The van der Waals surface area contributed by atoms with Crippen LogP contribution in [0.4, 0.5) is 0 Å². The van der Waals surface area contributed by atoms with Gasteiger partial charge in [-0.3, -0.25) is 9.80 Å². The lowest BCUT2D eigenvalue weighted by molar-refractivity contribution is -0.0835. The molecule has 2 atom stereocenters. The van der Waals surface area contributed by atoms with Crippen molar-refractivity contribution in [3.63, 3.8) is 0 Å². The molecule has 2 saturated heterocycles. The molecule has 2 fully saturated rings. The van der Waals surface area contributed by atoms with Crippen LogP contribution >= 0.6 is 0 Å². The van der Waals surface area contributed by atoms with E-state index in [1.165, 1.54) is 11.1 Å². The SMILES string of the molecule is c1ccc([C@H]2COC[C@H]3CN(Cc4ccc(-c5nn[nH]n5)cc4)CCN32)cc1. The number of aromatic nitrogens is 4. The molecule has 5 rings (SSSR count). The number of rotatable bonds is 4. The van der Waals surface area contributed by atoms with Crippen molar-refractivity contribution in [3.05, 3.63) is 65.7 Å². The zero-order valence-electron chi connectivity index (χ0n) is 15.7. The molecule has 2 aliphatic heterocycles. The van der Waals surface area contributed by atoms with Crippen LogP contribution in [-0.4, -0.2) is 69.3 Å². The maximum atomic E-state index is 5.97. The Labute approximate surface area is 164 Å². The van der Waals surface area contributed by atoms with E-state index in [4.69, 9.17) is 4.74 Å². The molecule has 0 radical (unpaired) electrons. The van der Waals surface area contributed by atoms with Gasteiger partial charge in [-0.25, -0.2) is 0 Å². The molecule has 1 aromatic heterocycles. The number of ether oxygens (including phenoxy) is 1. The summed E-state index contributed by atoms with van der Waals surface area (Å²) in [5.74, 6) is 0.631. The number of benzene rings is 2. The third kappa shape index (κ3) is 3.56. The number of H-pyrrole nitrogens is 1. The number of fused-ring (bicyclic) bond motifs is 1. The van der Waals surface area contributed by atoms with Crippen LogP contribution in [0.25, 0.3) is 11.4 Å². The third-order valence-electron chi connectivity index (χ3n) is 5.75. The molecule has 1 N–H and O–H groups in total. The fraction of sp³-hybridized carbons (Fsp3) is 0.381. The molecule has 0 saturated carbocycles. The Morgan fingerprint density at radius 1 is 1.00 bits per heavy atom. The van der Waals surface area contributed by atoms with Crippen LogP contribution in [-0.2, 0) is 11.3 Å². The van der Waals surface area contributed by atoms with Gasteiger partial charge in [-0.15, -0.1) is 10.2 Å². The predicted molar refractivity (Wildman–Crippen MR) is 105 cm³/mol. The van der Waals surface area contributed by atoms with Crippen LogP contribution in [0.5, 0.6) is 0 Å². The van der Waals surface area contributed by atoms with Crippen LogP contribution in [0.3, 0.4) is 0 Å². The molecule has 7 nitrogen and oxygen atoms in total. The van der Waals surface area contributed by atoms with Gasteiger partial charge >= 0.3 is 0 Å². The van der Waals surface area contributed by atoms with Gasteiger partial charge in [-0.2, -0.15) is 5.21 Å². The zero-order valence-corrected chi connectivity index (χ0v) is 15.7. The number of nitrogens with zero attached hydrogens (tertiary/aromatic N) is 5. The lowest BCUT2D eigenvalue weighted by atomic mass is 10.00. The highest BCUT2D eigenvalue weighted by Crippen LogP contribution is 2.30. The molecule has 3 heterocycles. The van der Waals surface area contributed by atoms with Crippen LogP contribution in [0.15, 0.2) is 54.6 Å². The summed E-state index contributed by atoms with van der Waals surface area (Å²) >= 11 is 0. The molecule has 0 spiro atoms. The van der Waals surface area contributed by atoms with Gasteiger partial charge in [-0.1, -0.05) is 54.6 Å². The lowest BCUT2D eigenvalue weighted by Gasteiger charge is -2.48. The minimum Gasteiger partial charge on any atom is -0.378 e. The summed E-state index contributed by atoms with van der Waals surface area (Å²) in [5.41, 5.74) is 3.64. The van der Waals surface area contributed by atoms with Gasteiger partial charge in [0.15, 0.2) is 0 Å².